The zero-order valence-corrected chi connectivity index (χ0v) is 8.69. The van der Waals surface area contributed by atoms with Gasteiger partial charge in [0.25, 0.3) is 0 Å². The van der Waals surface area contributed by atoms with Gasteiger partial charge >= 0.3 is 6.18 Å². The second-order valence-corrected chi connectivity index (χ2v) is 3.50. The Morgan fingerprint density at radius 3 is 2.47 bits per heavy atom. The number of aliphatic imine (C=N–C) groups is 1. The van der Waals surface area contributed by atoms with Gasteiger partial charge in [0.05, 0.1) is 11.3 Å². The minimum Gasteiger partial charge on any atom is -0.378 e. The van der Waals surface area contributed by atoms with Gasteiger partial charge in [-0.25, -0.2) is 4.99 Å². The molecule has 0 heterocycles. The van der Waals surface area contributed by atoms with E-state index in [1.165, 1.54) is 18.2 Å². The van der Waals surface area contributed by atoms with Crippen molar-refractivity contribution in [1.29, 1.82) is 0 Å². The Bertz CT molecular complexity index is 374. The Hall–Kier alpha value is -1.17. The number of benzene rings is 1. The molecule has 0 spiro atoms. The zero-order chi connectivity index (χ0) is 11.5. The fourth-order valence-corrected chi connectivity index (χ4v) is 1.16. The van der Waals surface area contributed by atoms with E-state index in [0.29, 0.717) is 0 Å². The quantitative estimate of drug-likeness (QED) is 0.599. The first-order chi connectivity index (χ1) is 6.95. The predicted octanol–water partition coefficient (Wildman–Crippen LogP) is 3.01. The van der Waals surface area contributed by atoms with E-state index >= 15 is 0 Å². The smallest absolute Gasteiger partial charge is 0.378 e. The van der Waals surface area contributed by atoms with E-state index in [0.717, 1.165) is 17.8 Å². The first-order valence-electron chi connectivity index (χ1n) is 3.99. The van der Waals surface area contributed by atoms with Crippen molar-refractivity contribution < 1.29 is 13.2 Å². The van der Waals surface area contributed by atoms with Crippen molar-refractivity contribution in [2.24, 2.45) is 10.7 Å². The highest BCUT2D eigenvalue weighted by Gasteiger charge is 2.33. The van der Waals surface area contributed by atoms with E-state index in [4.69, 9.17) is 5.73 Å². The van der Waals surface area contributed by atoms with Gasteiger partial charge in [-0.3, -0.25) is 0 Å². The summed E-state index contributed by atoms with van der Waals surface area (Å²) in [5.74, 6) is 0. The van der Waals surface area contributed by atoms with Crippen LogP contribution in [0.25, 0.3) is 0 Å². The van der Waals surface area contributed by atoms with Crippen molar-refractivity contribution in [3.63, 3.8) is 0 Å². The molecule has 82 valence electrons. The van der Waals surface area contributed by atoms with E-state index in [1.54, 1.807) is 6.26 Å². The van der Waals surface area contributed by atoms with E-state index < -0.39 is 11.7 Å². The molecule has 1 aromatic rings. The standard InChI is InChI=1S/C9H9F3N2S/c1-15-8(13)14-7-5-3-2-4-6(7)9(10,11)12/h2-5H,1H3,(H2,13,14). The molecule has 2 N–H and O–H groups in total. The fraction of sp³-hybridized carbons (Fsp3) is 0.222. The Kier molecular flexibility index (Phi) is 3.62. The van der Waals surface area contributed by atoms with Crippen LogP contribution in [0.4, 0.5) is 18.9 Å². The van der Waals surface area contributed by atoms with Crippen LogP contribution in [0.15, 0.2) is 29.3 Å². The summed E-state index contributed by atoms with van der Waals surface area (Å²) in [5.41, 5.74) is 4.43. The van der Waals surface area contributed by atoms with Gasteiger partial charge in [0.15, 0.2) is 5.17 Å². The second kappa shape index (κ2) is 4.57. The number of alkyl halides is 3. The largest absolute Gasteiger partial charge is 0.418 e. The lowest BCUT2D eigenvalue weighted by molar-refractivity contribution is -0.137. The molecule has 0 aliphatic rings. The van der Waals surface area contributed by atoms with Crippen molar-refractivity contribution in [3.05, 3.63) is 29.8 Å². The van der Waals surface area contributed by atoms with E-state index in [-0.39, 0.29) is 10.9 Å². The van der Waals surface area contributed by atoms with Crippen molar-refractivity contribution >= 4 is 22.6 Å². The molecule has 0 aliphatic carbocycles. The Labute approximate surface area is 89.4 Å². The molecule has 0 amide bonds. The zero-order valence-electron chi connectivity index (χ0n) is 7.88. The highest BCUT2D eigenvalue weighted by molar-refractivity contribution is 8.13. The highest BCUT2D eigenvalue weighted by Crippen LogP contribution is 2.36. The maximum Gasteiger partial charge on any atom is 0.418 e. The van der Waals surface area contributed by atoms with Gasteiger partial charge in [-0.05, 0) is 18.4 Å². The average molecular weight is 234 g/mol. The van der Waals surface area contributed by atoms with Crippen LogP contribution >= 0.6 is 11.8 Å². The molecule has 1 rings (SSSR count). The minimum atomic E-state index is -4.40. The van der Waals surface area contributed by atoms with Crippen LogP contribution in [0, 0.1) is 0 Å². The molecule has 0 saturated heterocycles. The van der Waals surface area contributed by atoms with Crippen LogP contribution in [0.5, 0.6) is 0 Å². The number of nitrogens with two attached hydrogens (primary N) is 1. The number of halogens is 3. The van der Waals surface area contributed by atoms with Gasteiger partial charge in [0.1, 0.15) is 0 Å². The third-order valence-electron chi connectivity index (χ3n) is 1.65. The van der Waals surface area contributed by atoms with E-state index in [9.17, 15) is 13.2 Å². The summed E-state index contributed by atoms with van der Waals surface area (Å²) in [7, 11) is 0. The van der Waals surface area contributed by atoms with Crippen molar-refractivity contribution in [2.45, 2.75) is 6.18 Å². The average Bonchev–Trinajstić information content (AvgIpc) is 2.17. The molecule has 0 radical (unpaired) electrons. The van der Waals surface area contributed by atoms with Crippen molar-refractivity contribution in [3.8, 4) is 0 Å². The third kappa shape index (κ3) is 3.16. The van der Waals surface area contributed by atoms with Crippen LogP contribution < -0.4 is 5.73 Å². The fourth-order valence-electron chi connectivity index (χ4n) is 0.975. The summed E-state index contributed by atoms with van der Waals surface area (Å²) in [4.78, 5) is 3.68. The van der Waals surface area contributed by atoms with Crippen molar-refractivity contribution in [1.82, 2.24) is 0 Å². The molecule has 15 heavy (non-hydrogen) atoms. The first-order valence-corrected chi connectivity index (χ1v) is 5.22. The lowest BCUT2D eigenvalue weighted by Gasteiger charge is -2.09. The van der Waals surface area contributed by atoms with Gasteiger partial charge in [0.2, 0.25) is 0 Å². The van der Waals surface area contributed by atoms with Crippen molar-refractivity contribution in [2.75, 3.05) is 6.26 Å². The number of rotatable bonds is 1. The number of hydrogen-bond donors (Lipinski definition) is 1. The summed E-state index contributed by atoms with van der Waals surface area (Å²) in [6.45, 7) is 0. The molecule has 2 nitrogen and oxygen atoms in total. The molecule has 0 saturated carbocycles. The summed E-state index contributed by atoms with van der Waals surface area (Å²) >= 11 is 1.10. The summed E-state index contributed by atoms with van der Waals surface area (Å²) in [5, 5.41) is 0.103. The monoisotopic (exact) mass is 234 g/mol. The lowest BCUT2D eigenvalue weighted by Crippen LogP contribution is -2.08. The molecule has 0 fully saturated rings. The summed E-state index contributed by atoms with van der Waals surface area (Å²) < 4.78 is 37.5. The van der Waals surface area contributed by atoms with Crippen LogP contribution in [-0.2, 0) is 6.18 Å². The lowest BCUT2D eigenvalue weighted by atomic mass is 10.2. The van der Waals surface area contributed by atoms with E-state index in [2.05, 4.69) is 4.99 Å². The Morgan fingerprint density at radius 1 is 1.33 bits per heavy atom. The molecule has 6 heteroatoms. The van der Waals surface area contributed by atoms with Gasteiger partial charge < -0.3 is 5.73 Å². The molecule has 0 aliphatic heterocycles. The predicted molar refractivity (Wildman–Crippen MR) is 56.2 cm³/mol. The molecule has 1 aromatic carbocycles. The van der Waals surface area contributed by atoms with Crippen LogP contribution in [-0.4, -0.2) is 11.4 Å². The topological polar surface area (TPSA) is 38.4 Å². The van der Waals surface area contributed by atoms with Gasteiger partial charge in [-0.1, -0.05) is 23.9 Å². The SMILES string of the molecule is CS/C(N)=N\c1ccccc1C(F)(F)F. The summed E-state index contributed by atoms with van der Waals surface area (Å²) in [6, 6.07) is 5.07. The Morgan fingerprint density at radius 2 is 1.93 bits per heavy atom. The third-order valence-corrected chi connectivity index (χ3v) is 2.16. The maximum atomic E-state index is 12.5. The molecular weight excluding hydrogens is 225 g/mol. The van der Waals surface area contributed by atoms with Gasteiger partial charge in [-0.15, -0.1) is 0 Å². The molecule has 0 aromatic heterocycles. The maximum absolute atomic E-state index is 12.5. The number of para-hydroxylation sites is 1. The highest BCUT2D eigenvalue weighted by atomic mass is 32.2. The first kappa shape index (κ1) is 11.9. The Balaban J connectivity index is 3.19. The normalized spacial score (nSPS) is 12.9. The van der Waals surface area contributed by atoms with Crippen LogP contribution in [0.2, 0.25) is 0 Å². The minimum absolute atomic E-state index is 0.103. The molecule has 0 atom stereocenters. The molecule has 0 bridgehead atoms. The number of thioether (sulfide) groups is 1. The molecular formula is C9H9F3N2S. The second-order valence-electron chi connectivity index (χ2n) is 2.67. The van der Waals surface area contributed by atoms with Gasteiger partial charge in [-0.2, -0.15) is 13.2 Å². The number of hydrogen-bond acceptors (Lipinski definition) is 2. The molecule has 0 unspecified atom stereocenters. The van der Waals surface area contributed by atoms with E-state index in [1.807, 2.05) is 0 Å². The van der Waals surface area contributed by atoms with Gasteiger partial charge in [0, 0.05) is 0 Å². The van der Waals surface area contributed by atoms with Crippen LogP contribution in [0.3, 0.4) is 0 Å². The van der Waals surface area contributed by atoms with Crippen LogP contribution in [0.1, 0.15) is 5.56 Å². The summed E-state index contributed by atoms with van der Waals surface area (Å²) in [6.07, 6.45) is -2.76. The number of nitrogens with zero attached hydrogens (tertiary/aromatic N) is 1. The number of amidine groups is 1.